The zero-order chi connectivity index (χ0) is 20.6. The number of hydrogen-bond donors (Lipinski definition) is 2. The summed E-state index contributed by atoms with van der Waals surface area (Å²) < 4.78 is 11.0. The summed E-state index contributed by atoms with van der Waals surface area (Å²) in [4.78, 5) is 9.12. The Hall–Kier alpha value is -3.80. The van der Waals surface area contributed by atoms with E-state index in [2.05, 4.69) is 9.98 Å². The van der Waals surface area contributed by atoms with Gasteiger partial charge >= 0.3 is 0 Å². The van der Waals surface area contributed by atoms with Crippen LogP contribution in [0.1, 0.15) is 22.9 Å². The third-order valence-corrected chi connectivity index (χ3v) is 4.31. The first-order valence-electron chi connectivity index (χ1n) is 8.97. The van der Waals surface area contributed by atoms with E-state index in [1.807, 2.05) is 18.2 Å². The van der Waals surface area contributed by atoms with E-state index in [0.29, 0.717) is 28.2 Å². The van der Waals surface area contributed by atoms with Crippen molar-refractivity contribution in [1.29, 1.82) is 0 Å². The number of methoxy groups -OCH3 is 2. The predicted molar refractivity (Wildman–Crippen MR) is 114 cm³/mol. The van der Waals surface area contributed by atoms with Crippen LogP contribution < -0.4 is 9.47 Å². The maximum atomic E-state index is 10.0. The van der Waals surface area contributed by atoms with Crippen molar-refractivity contribution in [3.05, 3.63) is 83.4 Å². The lowest BCUT2D eigenvalue weighted by Crippen LogP contribution is -2.02. The topological polar surface area (TPSA) is 83.6 Å². The summed E-state index contributed by atoms with van der Waals surface area (Å²) >= 11 is 0. The van der Waals surface area contributed by atoms with E-state index in [4.69, 9.17) is 9.47 Å². The number of aliphatic imine (C=N–C) groups is 2. The molecule has 0 aromatic heterocycles. The van der Waals surface area contributed by atoms with Crippen LogP contribution in [0.15, 0.2) is 76.7 Å². The Morgan fingerprint density at radius 1 is 0.690 bits per heavy atom. The van der Waals surface area contributed by atoms with Crippen LogP contribution in [-0.2, 0) is 0 Å². The van der Waals surface area contributed by atoms with Gasteiger partial charge in [0.1, 0.15) is 23.0 Å². The number of nitrogens with zero attached hydrogens (tertiary/aromatic N) is 2. The van der Waals surface area contributed by atoms with Crippen molar-refractivity contribution in [2.45, 2.75) is 6.17 Å². The minimum absolute atomic E-state index is 0.117. The lowest BCUT2D eigenvalue weighted by Gasteiger charge is -2.16. The van der Waals surface area contributed by atoms with Crippen molar-refractivity contribution in [1.82, 2.24) is 0 Å². The van der Waals surface area contributed by atoms with Crippen LogP contribution in [0, 0.1) is 0 Å². The van der Waals surface area contributed by atoms with Gasteiger partial charge in [0, 0.05) is 23.6 Å². The number of hydrogen-bond acceptors (Lipinski definition) is 6. The highest BCUT2D eigenvalue weighted by atomic mass is 16.5. The van der Waals surface area contributed by atoms with Gasteiger partial charge in [-0.25, -0.2) is 0 Å². The van der Waals surface area contributed by atoms with Crippen molar-refractivity contribution < 1.29 is 19.7 Å². The van der Waals surface area contributed by atoms with E-state index in [1.54, 1.807) is 75.2 Å². The average molecular weight is 390 g/mol. The summed E-state index contributed by atoms with van der Waals surface area (Å²) in [5, 5.41) is 20.1. The largest absolute Gasteiger partial charge is 0.507 e. The minimum Gasteiger partial charge on any atom is -0.507 e. The van der Waals surface area contributed by atoms with Gasteiger partial charge in [-0.3, -0.25) is 9.98 Å². The Balaban J connectivity index is 2.07. The molecular weight excluding hydrogens is 368 g/mol. The number of phenolic OH excluding ortho intramolecular Hbond substituents is 2. The van der Waals surface area contributed by atoms with Crippen molar-refractivity contribution >= 4 is 12.4 Å². The quantitative estimate of drug-likeness (QED) is 0.588. The molecule has 6 nitrogen and oxygen atoms in total. The molecule has 3 aromatic carbocycles. The first kappa shape index (κ1) is 19.9. The van der Waals surface area contributed by atoms with Gasteiger partial charge in [-0.05, 0) is 36.4 Å². The third kappa shape index (κ3) is 4.73. The molecule has 0 aliphatic carbocycles. The number of para-hydroxylation sites is 2. The number of phenols is 2. The average Bonchev–Trinajstić information content (AvgIpc) is 2.75. The van der Waals surface area contributed by atoms with Gasteiger partial charge in [0.15, 0.2) is 6.17 Å². The molecule has 3 rings (SSSR count). The Morgan fingerprint density at radius 3 is 1.55 bits per heavy atom. The van der Waals surface area contributed by atoms with E-state index in [0.717, 1.165) is 0 Å². The maximum absolute atomic E-state index is 10.0. The molecule has 6 heteroatoms. The fourth-order valence-electron chi connectivity index (χ4n) is 2.82. The molecule has 0 aliphatic rings. The summed E-state index contributed by atoms with van der Waals surface area (Å²) in [7, 11) is 3.13. The van der Waals surface area contributed by atoms with Gasteiger partial charge in [0.05, 0.1) is 19.8 Å². The number of benzene rings is 3. The van der Waals surface area contributed by atoms with Crippen LogP contribution in [0.4, 0.5) is 0 Å². The van der Waals surface area contributed by atoms with E-state index in [-0.39, 0.29) is 11.5 Å². The smallest absolute Gasteiger partial charge is 0.172 e. The second kappa shape index (κ2) is 9.41. The summed E-state index contributed by atoms with van der Waals surface area (Å²) in [6, 6.07) is 19.2. The molecule has 0 saturated carbocycles. The van der Waals surface area contributed by atoms with Crippen LogP contribution >= 0.6 is 0 Å². The lowest BCUT2D eigenvalue weighted by atomic mass is 10.1. The predicted octanol–water partition coefficient (Wildman–Crippen LogP) is 4.35. The maximum Gasteiger partial charge on any atom is 0.172 e. The van der Waals surface area contributed by atoms with Gasteiger partial charge in [-0.15, -0.1) is 0 Å². The molecule has 148 valence electrons. The van der Waals surface area contributed by atoms with E-state index in [1.165, 1.54) is 0 Å². The van der Waals surface area contributed by atoms with Crippen molar-refractivity contribution in [3.8, 4) is 23.0 Å². The van der Waals surface area contributed by atoms with Gasteiger partial charge in [-0.2, -0.15) is 0 Å². The Labute approximate surface area is 169 Å². The van der Waals surface area contributed by atoms with Crippen LogP contribution in [0.2, 0.25) is 0 Å². The SMILES string of the molecule is COc1cccc(OC)c1C(/N=C/c1ccccc1O)/N=C/c1ccccc1O. The van der Waals surface area contributed by atoms with E-state index >= 15 is 0 Å². The van der Waals surface area contributed by atoms with Crippen LogP contribution in [-0.4, -0.2) is 36.9 Å². The van der Waals surface area contributed by atoms with Gasteiger partial charge in [0.2, 0.25) is 0 Å². The standard InChI is InChI=1S/C23H22N2O4/c1-28-20-12-7-13-21(29-2)22(20)23(24-14-16-8-3-5-10-18(16)26)25-15-17-9-4-6-11-19(17)27/h3-15,23,26-27H,1-2H3/b24-14+,25-15+. The Morgan fingerprint density at radius 2 is 1.14 bits per heavy atom. The van der Waals surface area contributed by atoms with Crippen LogP contribution in [0.5, 0.6) is 23.0 Å². The molecular formula is C23H22N2O4. The van der Waals surface area contributed by atoms with Gasteiger partial charge < -0.3 is 19.7 Å². The van der Waals surface area contributed by atoms with Crippen molar-refractivity contribution in [2.24, 2.45) is 9.98 Å². The molecule has 0 aliphatic heterocycles. The molecule has 0 bridgehead atoms. The molecule has 3 aromatic rings. The third-order valence-electron chi connectivity index (χ3n) is 4.31. The second-order valence-electron chi connectivity index (χ2n) is 6.12. The van der Waals surface area contributed by atoms with Crippen LogP contribution in [0.3, 0.4) is 0 Å². The molecule has 0 unspecified atom stereocenters. The van der Waals surface area contributed by atoms with Crippen LogP contribution in [0.25, 0.3) is 0 Å². The van der Waals surface area contributed by atoms with Crippen molar-refractivity contribution in [3.63, 3.8) is 0 Å². The first-order chi connectivity index (χ1) is 14.1. The number of rotatable bonds is 7. The minimum atomic E-state index is -0.722. The first-order valence-corrected chi connectivity index (χ1v) is 8.97. The van der Waals surface area contributed by atoms with Gasteiger partial charge in [-0.1, -0.05) is 30.3 Å². The van der Waals surface area contributed by atoms with Crippen molar-refractivity contribution in [2.75, 3.05) is 14.2 Å². The highest BCUT2D eigenvalue weighted by molar-refractivity contribution is 5.85. The molecule has 0 fully saturated rings. The molecule has 0 radical (unpaired) electrons. The molecule has 2 N–H and O–H groups in total. The number of aromatic hydroxyl groups is 2. The Bertz CT molecular complexity index is 953. The summed E-state index contributed by atoms with van der Waals surface area (Å²) in [6.45, 7) is 0. The fourth-order valence-corrected chi connectivity index (χ4v) is 2.82. The molecule has 0 saturated heterocycles. The molecule has 0 spiro atoms. The second-order valence-corrected chi connectivity index (χ2v) is 6.12. The highest BCUT2D eigenvalue weighted by Crippen LogP contribution is 2.37. The van der Waals surface area contributed by atoms with E-state index < -0.39 is 6.17 Å². The summed E-state index contributed by atoms with van der Waals surface area (Å²) in [5.74, 6) is 1.37. The molecule has 0 atom stereocenters. The molecule has 29 heavy (non-hydrogen) atoms. The zero-order valence-corrected chi connectivity index (χ0v) is 16.2. The Kier molecular flexibility index (Phi) is 6.47. The number of ether oxygens (including phenoxy) is 2. The molecule has 0 heterocycles. The fraction of sp³-hybridized carbons (Fsp3) is 0.130. The van der Waals surface area contributed by atoms with E-state index in [9.17, 15) is 10.2 Å². The zero-order valence-electron chi connectivity index (χ0n) is 16.2. The van der Waals surface area contributed by atoms with Gasteiger partial charge in [0.25, 0.3) is 0 Å². The molecule has 0 amide bonds. The monoisotopic (exact) mass is 390 g/mol. The lowest BCUT2D eigenvalue weighted by molar-refractivity contribution is 0.380. The summed E-state index contributed by atoms with van der Waals surface area (Å²) in [6.07, 6.45) is 2.38. The normalized spacial score (nSPS) is 11.4. The summed E-state index contributed by atoms with van der Waals surface area (Å²) in [5.41, 5.74) is 1.75. The highest BCUT2D eigenvalue weighted by Gasteiger charge is 2.19.